The minimum atomic E-state index is -3.08. The van der Waals surface area contributed by atoms with E-state index >= 15 is 0 Å². The van der Waals surface area contributed by atoms with Crippen molar-refractivity contribution in [1.29, 1.82) is 0 Å². The molecule has 2 aliphatic rings. The zero-order valence-electron chi connectivity index (χ0n) is 23.0. The van der Waals surface area contributed by atoms with Crippen LogP contribution in [0, 0.1) is 0 Å². The molecule has 40 heavy (non-hydrogen) atoms. The Balaban J connectivity index is 0.000000415. The first-order valence-electron chi connectivity index (χ1n) is 13.3. The van der Waals surface area contributed by atoms with Crippen molar-refractivity contribution in [2.24, 2.45) is 0 Å². The predicted octanol–water partition coefficient (Wildman–Crippen LogP) is 6.02. The highest BCUT2D eigenvalue weighted by atomic mass is 19.3. The van der Waals surface area contributed by atoms with Crippen LogP contribution in [0.4, 0.5) is 25.0 Å². The van der Waals surface area contributed by atoms with E-state index in [1.807, 2.05) is 24.3 Å². The van der Waals surface area contributed by atoms with Crippen LogP contribution in [0.5, 0.6) is 11.8 Å². The molecule has 1 saturated heterocycles. The SMILES string of the molecule is COc1ccc(NC(=O)N(c2ccccc2C(C)C)C2CCCCC2)c(OC(F)F)n1.O=C(O)CC1OCCO1. The highest BCUT2D eigenvalue weighted by molar-refractivity contribution is 6.03. The van der Waals surface area contributed by atoms with Crippen LogP contribution < -0.4 is 19.7 Å². The quantitative estimate of drug-likeness (QED) is 0.379. The maximum atomic E-state index is 13.5. The van der Waals surface area contributed by atoms with Gasteiger partial charge in [-0.25, -0.2) is 4.79 Å². The van der Waals surface area contributed by atoms with E-state index in [0.29, 0.717) is 13.2 Å². The molecule has 2 fully saturated rings. The lowest BCUT2D eigenvalue weighted by molar-refractivity contribution is -0.145. The van der Waals surface area contributed by atoms with Gasteiger partial charge in [0.05, 0.1) is 26.7 Å². The zero-order chi connectivity index (χ0) is 29.1. The number of rotatable bonds is 9. The summed E-state index contributed by atoms with van der Waals surface area (Å²) < 4.78 is 45.0. The summed E-state index contributed by atoms with van der Waals surface area (Å²) in [5.41, 5.74) is 1.95. The van der Waals surface area contributed by atoms with E-state index in [1.54, 1.807) is 4.90 Å². The molecule has 1 aliphatic carbocycles. The van der Waals surface area contributed by atoms with Crippen LogP contribution in [0.3, 0.4) is 0 Å². The number of hydrogen-bond acceptors (Lipinski definition) is 7. The number of urea groups is 1. The van der Waals surface area contributed by atoms with Gasteiger partial charge in [-0.2, -0.15) is 13.8 Å². The average Bonchev–Trinajstić information content (AvgIpc) is 3.43. The van der Waals surface area contributed by atoms with Crippen LogP contribution in [0.15, 0.2) is 36.4 Å². The number of carboxylic acids is 1. The molecular formula is C28H37F2N3O7. The third-order valence-corrected chi connectivity index (χ3v) is 6.50. The second-order valence-corrected chi connectivity index (χ2v) is 9.66. The third kappa shape index (κ3) is 9.02. The lowest BCUT2D eigenvalue weighted by Crippen LogP contribution is -2.44. The maximum absolute atomic E-state index is 13.5. The molecule has 4 rings (SSSR count). The molecule has 1 aliphatic heterocycles. The van der Waals surface area contributed by atoms with Gasteiger partial charge in [0, 0.05) is 17.8 Å². The number of nitrogens with one attached hydrogen (secondary N) is 1. The second-order valence-electron chi connectivity index (χ2n) is 9.66. The molecule has 0 atom stereocenters. The second kappa shape index (κ2) is 15.3. The van der Waals surface area contributed by atoms with Gasteiger partial charge in [-0.1, -0.05) is 51.3 Å². The van der Waals surface area contributed by atoms with Crippen molar-refractivity contribution in [3.05, 3.63) is 42.0 Å². The molecule has 2 N–H and O–H groups in total. The van der Waals surface area contributed by atoms with Crippen molar-refractivity contribution in [1.82, 2.24) is 4.98 Å². The number of carboxylic acid groups (broad SMARTS) is 1. The molecule has 220 valence electrons. The van der Waals surface area contributed by atoms with Gasteiger partial charge in [0.1, 0.15) is 5.69 Å². The number of para-hydroxylation sites is 1. The molecule has 0 bridgehead atoms. The summed E-state index contributed by atoms with van der Waals surface area (Å²) in [6.45, 7) is 2.11. The predicted molar refractivity (Wildman–Crippen MR) is 144 cm³/mol. The number of anilines is 2. The number of halogens is 2. The molecule has 0 radical (unpaired) electrons. The smallest absolute Gasteiger partial charge is 0.388 e. The molecular weight excluding hydrogens is 528 g/mol. The topological polar surface area (TPSA) is 119 Å². The summed E-state index contributed by atoms with van der Waals surface area (Å²) >= 11 is 0. The number of benzene rings is 1. The van der Waals surface area contributed by atoms with Gasteiger partial charge in [-0.05, 0) is 36.5 Å². The summed E-state index contributed by atoms with van der Waals surface area (Å²) in [6.07, 6.45) is 4.45. The van der Waals surface area contributed by atoms with E-state index in [0.717, 1.165) is 43.4 Å². The number of carbonyl (C=O) groups is 2. The van der Waals surface area contributed by atoms with Gasteiger partial charge in [-0.3, -0.25) is 9.69 Å². The van der Waals surface area contributed by atoms with Gasteiger partial charge in [0.2, 0.25) is 11.8 Å². The van der Waals surface area contributed by atoms with Crippen molar-refractivity contribution in [3.63, 3.8) is 0 Å². The number of alkyl halides is 2. The molecule has 10 nitrogen and oxygen atoms in total. The summed E-state index contributed by atoms with van der Waals surface area (Å²) in [5, 5.41) is 11.0. The molecule has 1 saturated carbocycles. The van der Waals surface area contributed by atoms with Crippen LogP contribution in [-0.4, -0.2) is 61.4 Å². The van der Waals surface area contributed by atoms with Crippen molar-refractivity contribution < 1.29 is 42.4 Å². The Kier molecular flexibility index (Phi) is 11.9. The number of methoxy groups -OCH3 is 1. The van der Waals surface area contributed by atoms with E-state index < -0.39 is 24.9 Å². The fourth-order valence-corrected chi connectivity index (χ4v) is 4.66. The number of aromatic nitrogens is 1. The highest BCUT2D eigenvalue weighted by Gasteiger charge is 2.30. The molecule has 2 amide bonds. The molecule has 1 aromatic heterocycles. The normalized spacial score (nSPS) is 15.9. The fraction of sp³-hybridized carbons (Fsp3) is 0.536. The fourth-order valence-electron chi connectivity index (χ4n) is 4.66. The molecule has 0 unspecified atom stereocenters. The minimum absolute atomic E-state index is 0.0272. The van der Waals surface area contributed by atoms with Gasteiger partial charge < -0.3 is 29.4 Å². The first kappa shape index (κ1) is 31.0. The number of aliphatic carboxylic acids is 1. The van der Waals surface area contributed by atoms with Crippen LogP contribution in [0.1, 0.15) is 63.9 Å². The largest absolute Gasteiger partial charge is 0.481 e. The summed E-state index contributed by atoms with van der Waals surface area (Å²) in [4.78, 5) is 29.2. The van der Waals surface area contributed by atoms with Gasteiger partial charge >= 0.3 is 18.6 Å². The van der Waals surface area contributed by atoms with E-state index in [9.17, 15) is 18.4 Å². The van der Waals surface area contributed by atoms with Crippen molar-refractivity contribution in [3.8, 4) is 11.8 Å². The molecule has 1 aromatic carbocycles. The Hall–Kier alpha value is -3.51. The van der Waals surface area contributed by atoms with E-state index in [-0.39, 0.29) is 35.8 Å². The number of amides is 2. The Bertz CT molecular complexity index is 1110. The van der Waals surface area contributed by atoms with Crippen LogP contribution in [-0.2, 0) is 14.3 Å². The van der Waals surface area contributed by atoms with E-state index in [4.69, 9.17) is 19.3 Å². The zero-order valence-corrected chi connectivity index (χ0v) is 23.0. The lowest BCUT2D eigenvalue weighted by atomic mass is 9.92. The maximum Gasteiger partial charge on any atom is 0.388 e. The molecule has 0 spiro atoms. The first-order valence-corrected chi connectivity index (χ1v) is 13.3. The van der Waals surface area contributed by atoms with Crippen LogP contribution in [0.2, 0.25) is 0 Å². The Morgan fingerprint density at radius 2 is 1.77 bits per heavy atom. The van der Waals surface area contributed by atoms with Gasteiger partial charge in [-0.15, -0.1) is 0 Å². The van der Waals surface area contributed by atoms with Crippen LogP contribution >= 0.6 is 0 Å². The van der Waals surface area contributed by atoms with Crippen molar-refractivity contribution >= 4 is 23.4 Å². The molecule has 12 heteroatoms. The number of hydrogen-bond donors (Lipinski definition) is 2. The number of nitrogens with zero attached hydrogens (tertiary/aromatic N) is 2. The monoisotopic (exact) mass is 565 g/mol. The number of carbonyl (C=O) groups excluding carboxylic acids is 1. The van der Waals surface area contributed by atoms with Crippen molar-refractivity contribution in [2.75, 3.05) is 30.5 Å². The van der Waals surface area contributed by atoms with Crippen LogP contribution in [0.25, 0.3) is 0 Å². The van der Waals surface area contributed by atoms with Gasteiger partial charge in [0.25, 0.3) is 0 Å². The third-order valence-electron chi connectivity index (χ3n) is 6.50. The van der Waals surface area contributed by atoms with E-state index in [1.165, 1.54) is 19.2 Å². The van der Waals surface area contributed by atoms with Gasteiger partial charge in [0.15, 0.2) is 6.29 Å². The highest BCUT2D eigenvalue weighted by Crippen LogP contribution is 2.34. The lowest BCUT2D eigenvalue weighted by Gasteiger charge is -2.36. The average molecular weight is 566 g/mol. The standard InChI is InChI=1S/C23H29F2N3O3.C5H8O4/c1-15(2)17-11-7-8-12-19(17)28(16-9-5-4-6-10-16)23(29)26-18-13-14-20(30-3)27-21(18)31-22(24)25;6-4(7)3-5-8-1-2-9-5/h7-8,11-16,22H,4-6,9-10H2,1-3H3,(H,26,29);5H,1-3H2,(H,6,7). The summed E-state index contributed by atoms with van der Waals surface area (Å²) in [7, 11) is 1.38. The Labute approximate surface area is 232 Å². The number of pyridine rings is 1. The number of ether oxygens (including phenoxy) is 4. The Morgan fingerprint density at radius 1 is 1.10 bits per heavy atom. The summed E-state index contributed by atoms with van der Waals surface area (Å²) in [6, 6.07) is 10.4. The van der Waals surface area contributed by atoms with Crippen molar-refractivity contribution in [2.45, 2.75) is 77.2 Å². The minimum Gasteiger partial charge on any atom is -0.481 e. The Morgan fingerprint density at radius 3 is 2.38 bits per heavy atom. The van der Waals surface area contributed by atoms with E-state index in [2.05, 4.69) is 28.9 Å². The molecule has 2 aromatic rings. The molecule has 2 heterocycles. The first-order chi connectivity index (χ1) is 19.2. The summed E-state index contributed by atoms with van der Waals surface area (Å²) in [5.74, 6) is -0.941.